The van der Waals surface area contributed by atoms with Crippen molar-refractivity contribution in [2.24, 2.45) is 11.5 Å². The lowest BCUT2D eigenvalue weighted by Gasteiger charge is -2.09. The topological polar surface area (TPSA) is 52.0 Å². The van der Waals surface area contributed by atoms with E-state index in [0.717, 1.165) is 0 Å². The van der Waals surface area contributed by atoms with Crippen LogP contribution in [0, 0.1) is 5.82 Å². The summed E-state index contributed by atoms with van der Waals surface area (Å²) in [5, 5.41) is 0. The first kappa shape index (κ1) is 12.8. The van der Waals surface area contributed by atoms with Crippen molar-refractivity contribution in [1.29, 1.82) is 0 Å². The minimum Gasteiger partial charge on any atom is -0.329 e. The van der Waals surface area contributed by atoms with Gasteiger partial charge in [0.15, 0.2) is 0 Å². The molecular formula is C8H11BrClFN2. The van der Waals surface area contributed by atoms with E-state index in [1.54, 1.807) is 12.1 Å². The molecule has 0 spiro atoms. The van der Waals surface area contributed by atoms with Crippen LogP contribution >= 0.6 is 28.3 Å². The molecule has 1 aromatic carbocycles. The highest BCUT2D eigenvalue weighted by atomic mass is 79.9. The van der Waals surface area contributed by atoms with E-state index >= 15 is 0 Å². The molecule has 74 valence electrons. The Morgan fingerprint density at radius 1 is 1.46 bits per heavy atom. The van der Waals surface area contributed by atoms with Crippen molar-refractivity contribution in [3.8, 4) is 0 Å². The van der Waals surface area contributed by atoms with Crippen molar-refractivity contribution in [2.75, 3.05) is 6.54 Å². The van der Waals surface area contributed by atoms with Crippen LogP contribution in [0.2, 0.25) is 0 Å². The average molecular weight is 270 g/mol. The third-order valence-corrected chi connectivity index (χ3v) is 2.11. The minimum atomic E-state index is -0.418. The van der Waals surface area contributed by atoms with Gasteiger partial charge in [-0.15, -0.1) is 12.4 Å². The molecule has 0 bridgehead atoms. The van der Waals surface area contributed by atoms with Gasteiger partial charge in [0.2, 0.25) is 0 Å². The molecule has 1 aromatic rings. The molecule has 1 atom stereocenters. The second kappa shape index (κ2) is 5.54. The third kappa shape index (κ3) is 3.23. The van der Waals surface area contributed by atoms with E-state index in [1.165, 1.54) is 6.07 Å². The minimum absolute atomic E-state index is 0. The van der Waals surface area contributed by atoms with Gasteiger partial charge in [-0.3, -0.25) is 0 Å². The summed E-state index contributed by atoms with van der Waals surface area (Å²) >= 11 is 3.16. The van der Waals surface area contributed by atoms with Gasteiger partial charge in [0.25, 0.3) is 0 Å². The van der Waals surface area contributed by atoms with Gasteiger partial charge in [0.1, 0.15) is 5.82 Å². The van der Waals surface area contributed by atoms with Crippen LogP contribution in [0.3, 0.4) is 0 Å². The Kier molecular flexibility index (Phi) is 5.48. The smallest absolute Gasteiger partial charge is 0.129 e. The normalized spacial score (nSPS) is 12.0. The van der Waals surface area contributed by atoms with Crippen LogP contribution < -0.4 is 11.5 Å². The Bertz CT molecular complexity index is 283. The zero-order valence-corrected chi connectivity index (χ0v) is 9.24. The van der Waals surface area contributed by atoms with E-state index < -0.39 is 6.04 Å². The summed E-state index contributed by atoms with van der Waals surface area (Å²) in [6, 6.07) is 4.34. The van der Waals surface area contributed by atoms with Crippen LogP contribution in [-0.4, -0.2) is 6.54 Å². The van der Waals surface area contributed by atoms with Crippen LogP contribution in [0.15, 0.2) is 22.7 Å². The maximum absolute atomic E-state index is 13.1. The van der Waals surface area contributed by atoms with Gasteiger partial charge in [0, 0.05) is 22.6 Å². The Balaban J connectivity index is 0.00000144. The first-order valence-corrected chi connectivity index (χ1v) is 4.35. The number of hydrogen-bond acceptors (Lipinski definition) is 2. The van der Waals surface area contributed by atoms with Crippen molar-refractivity contribution >= 4 is 28.3 Å². The molecule has 0 unspecified atom stereocenters. The van der Waals surface area contributed by atoms with Gasteiger partial charge in [-0.2, -0.15) is 0 Å². The zero-order chi connectivity index (χ0) is 9.14. The molecule has 0 aliphatic heterocycles. The van der Waals surface area contributed by atoms with Gasteiger partial charge in [0.05, 0.1) is 0 Å². The molecule has 0 saturated carbocycles. The summed E-state index contributed by atoms with van der Waals surface area (Å²) in [6.07, 6.45) is 0. The molecule has 0 heterocycles. The van der Waals surface area contributed by atoms with Crippen molar-refractivity contribution < 1.29 is 4.39 Å². The first-order valence-electron chi connectivity index (χ1n) is 3.55. The van der Waals surface area contributed by atoms with Gasteiger partial charge in [-0.25, -0.2) is 4.39 Å². The molecule has 4 N–H and O–H groups in total. The molecule has 0 aromatic heterocycles. The fourth-order valence-electron chi connectivity index (χ4n) is 0.929. The molecule has 0 amide bonds. The molecule has 0 saturated heterocycles. The molecule has 0 radical (unpaired) electrons. The SMILES string of the molecule is Cl.NC[C@@H](N)c1ccc(Br)cc1F. The monoisotopic (exact) mass is 268 g/mol. The quantitative estimate of drug-likeness (QED) is 0.862. The summed E-state index contributed by atoms with van der Waals surface area (Å²) < 4.78 is 13.8. The van der Waals surface area contributed by atoms with E-state index in [4.69, 9.17) is 11.5 Å². The van der Waals surface area contributed by atoms with Gasteiger partial charge >= 0.3 is 0 Å². The van der Waals surface area contributed by atoms with Crippen molar-refractivity contribution in [3.63, 3.8) is 0 Å². The molecule has 0 aliphatic carbocycles. The van der Waals surface area contributed by atoms with E-state index in [0.29, 0.717) is 10.0 Å². The summed E-state index contributed by atoms with van der Waals surface area (Å²) in [6.45, 7) is 0.249. The molecule has 0 fully saturated rings. The molecule has 1 rings (SSSR count). The van der Waals surface area contributed by atoms with Gasteiger partial charge in [-0.05, 0) is 12.1 Å². The lowest BCUT2D eigenvalue weighted by atomic mass is 10.1. The van der Waals surface area contributed by atoms with Gasteiger partial charge in [-0.1, -0.05) is 22.0 Å². The third-order valence-electron chi connectivity index (χ3n) is 1.62. The summed E-state index contributed by atoms with van der Waals surface area (Å²) in [4.78, 5) is 0. The number of hydrogen-bond donors (Lipinski definition) is 2. The maximum atomic E-state index is 13.1. The van der Waals surface area contributed by atoms with E-state index in [9.17, 15) is 4.39 Å². The largest absolute Gasteiger partial charge is 0.329 e. The highest BCUT2D eigenvalue weighted by Gasteiger charge is 2.08. The molecule has 2 nitrogen and oxygen atoms in total. The van der Waals surface area contributed by atoms with E-state index in [2.05, 4.69) is 15.9 Å². The highest BCUT2D eigenvalue weighted by molar-refractivity contribution is 9.10. The fourth-order valence-corrected chi connectivity index (χ4v) is 1.26. The Labute approximate surface area is 91.0 Å². The van der Waals surface area contributed by atoms with Crippen LogP contribution in [0.5, 0.6) is 0 Å². The van der Waals surface area contributed by atoms with Crippen molar-refractivity contribution in [3.05, 3.63) is 34.1 Å². The second-order valence-electron chi connectivity index (χ2n) is 2.51. The van der Waals surface area contributed by atoms with Crippen LogP contribution in [0.4, 0.5) is 4.39 Å². The number of rotatable bonds is 2. The fraction of sp³-hybridized carbons (Fsp3) is 0.250. The predicted molar refractivity (Wildman–Crippen MR) is 57.3 cm³/mol. The van der Waals surface area contributed by atoms with E-state index in [1.807, 2.05) is 0 Å². The molecule has 0 aliphatic rings. The Hall–Kier alpha value is -0.160. The number of nitrogens with two attached hydrogens (primary N) is 2. The lowest BCUT2D eigenvalue weighted by Crippen LogP contribution is -2.21. The summed E-state index contributed by atoms with van der Waals surface area (Å²) in [7, 11) is 0. The van der Waals surface area contributed by atoms with Crippen LogP contribution in [-0.2, 0) is 0 Å². The first-order chi connectivity index (χ1) is 5.65. The lowest BCUT2D eigenvalue weighted by molar-refractivity contribution is 0.583. The van der Waals surface area contributed by atoms with Crippen molar-refractivity contribution in [1.82, 2.24) is 0 Å². The molecule has 13 heavy (non-hydrogen) atoms. The summed E-state index contributed by atoms with van der Waals surface area (Å²) in [5.41, 5.74) is 11.3. The number of benzene rings is 1. The zero-order valence-electron chi connectivity index (χ0n) is 6.84. The summed E-state index contributed by atoms with van der Waals surface area (Å²) in [5.74, 6) is -0.317. The number of halogens is 3. The molecule has 5 heteroatoms. The second-order valence-corrected chi connectivity index (χ2v) is 3.42. The predicted octanol–water partition coefficient (Wildman–Crippen LogP) is 1.97. The standard InChI is InChI=1S/C8H10BrFN2.ClH/c9-5-1-2-6(7(10)3-5)8(12)4-11;/h1-3,8H,4,11-12H2;1H/t8-;/m1./s1. The Morgan fingerprint density at radius 3 is 2.54 bits per heavy atom. The highest BCUT2D eigenvalue weighted by Crippen LogP contribution is 2.18. The van der Waals surface area contributed by atoms with Gasteiger partial charge < -0.3 is 11.5 Å². The van der Waals surface area contributed by atoms with Crippen LogP contribution in [0.25, 0.3) is 0 Å². The van der Waals surface area contributed by atoms with Crippen molar-refractivity contribution in [2.45, 2.75) is 6.04 Å². The Morgan fingerprint density at radius 2 is 2.08 bits per heavy atom. The van der Waals surface area contributed by atoms with E-state index in [-0.39, 0.29) is 24.8 Å². The molecular weight excluding hydrogens is 258 g/mol. The average Bonchev–Trinajstić information content (AvgIpc) is 2.03. The maximum Gasteiger partial charge on any atom is 0.129 e. The van der Waals surface area contributed by atoms with Crippen LogP contribution in [0.1, 0.15) is 11.6 Å².